The fourth-order valence-corrected chi connectivity index (χ4v) is 3.01. The SMILES string of the molecule is CCN(Cc1ccc(N(C)C)cc1)C(=S)Nc1cc(C)cc(C)c1. The molecule has 0 saturated carbocycles. The summed E-state index contributed by atoms with van der Waals surface area (Å²) in [6, 6.07) is 15.0. The minimum atomic E-state index is 0.763. The maximum absolute atomic E-state index is 5.62. The molecule has 0 aliphatic carbocycles. The van der Waals surface area contributed by atoms with E-state index >= 15 is 0 Å². The van der Waals surface area contributed by atoms with Crippen molar-refractivity contribution in [2.45, 2.75) is 27.3 Å². The summed E-state index contributed by atoms with van der Waals surface area (Å²) in [6.45, 7) is 8.01. The zero-order valence-corrected chi connectivity index (χ0v) is 16.1. The molecule has 4 heteroatoms. The highest BCUT2D eigenvalue weighted by Crippen LogP contribution is 2.17. The number of rotatable bonds is 5. The molecule has 3 nitrogen and oxygen atoms in total. The van der Waals surface area contributed by atoms with E-state index in [1.807, 2.05) is 0 Å². The maximum Gasteiger partial charge on any atom is 0.173 e. The van der Waals surface area contributed by atoms with E-state index in [-0.39, 0.29) is 0 Å². The Morgan fingerprint density at radius 3 is 2.08 bits per heavy atom. The molecule has 0 aliphatic rings. The minimum Gasteiger partial charge on any atom is -0.378 e. The molecule has 2 aromatic carbocycles. The van der Waals surface area contributed by atoms with Crippen molar-refractivity contribution in [2.75, 3.05) is 30.9 Å². The molecule has 0 spiro atoms. The zero-order chi connectivity index (χ0) is 17.7. The lowest BCUT2D eigenvalue weighted by molar-refractivity contribution is 0.442. The molecule has 0 aromatic heterocycles. The van der Waals surface area contributed by atoms with Gasteiger partial charge < -0.3 is 15.1 Å². The van der Waals surface area contributed by atoms with Crippen molar-refractivity contribution in [3.63, 3.8) is 0 Å². The van der Waals surface area contributed by atoms with Crippen LogP contribution < -0.4 is 10.2 Å². The Bertz CT molecular complexity index is 672. The van der Waals surface area contributed by atoms with E-state index in [2.05, 4.69) is 92.4 Å². The minimum absolute atomic E-state index is 0.763. The molecule has 0 radical (unpaired) electrons. The van der Waals surface area contributed by atoms with Crippen LogP contribution in [-0.4, -0.2) is 30.7 Å². The van der Waals surface area contributed by atoms with Gasteiger partial charge in [0.1, 0.15) is 0 Å². The van der Waals surface area contributed by atoms with E-state index in [0.29, 0.717) is 0 Å². The van der Waals surface area contributed by atoms with Crippen molar-refractivity contribution >= 4 is 28.7 Å². The van der Waals surface area contributed by atoms with Crippen molar-refractivity contribution < 1.29 is 0 Å². The molecule has 24 heavy (non-hydrogen) atoms. The first kappa shape index (κ1) is 18.3. The molecule has 0 heterocycles. The number of thiocarbonyl (C=S) groups is 1. The van der Waals surface area contributed by atoms with E-state index in [1.54, 1.807) is 0 Å². The second kappa shape index (κ2) is 8.15. The summed E-state index contributed by atoms with van der Waals surface area (Å²) in [4.78, 5) is 4.28. The normalized spacial score (nSPS) is 10.4. The summed E-state index contributed by atoms with van der Waals surface area (Å²) in [5.41, 5.74) is 5.99. The molecule has 0 unspecified atom stereocenters. The number of nitrogens with one attached hydrogen (secondary N) is 1. The predicted molar refractivity (Wildman–Crippen MR) is 109 cm³/mol. The molecule has 128 valence electrons. The highest BCUT2D eigenvalue weighted by molar-refractivity contribution is 7.80. The van der Waals surface area contributed by atoms with Crippen LogP contribution in [0.1, 0.15) is 23.6 Å². The van der Waals surface area contributed by atoms with Crippen molar-refractivity contribution in [3.8, 4) is 0 Å². The molecule has 0 bridgehead atoms. The standard InChI is InChI=1S/C20H27N3S/c1-6-23(14-17-7-9-19(10-8-17)22(4)5)20(24)21-18-12-15(2)11-16(3)13-18/h7-13H,6,14H2,1-5H3,(H,21,24). The average Bonchev–Trinajstić information content (AvgIpc) is 2.51. The van der Waals surface area contributed by atoms with E-state index in [0.717, 1.165) is 23.9 Å². The number of aryl methyl sites for hydroxylation is 2. The number of anilines is 2. The Morgan fingerprint density at radius 2 is 1.58 bits per heavy atom. The molecular weight excluding hydrogens is 314 g/mol. The molecule has 0 saturated heterocycles. The summed E-state index contributed by atoms with van der Waals surface area (Å²) in [5.74, 6) is 0. The Labute approximate surface area is 151 Å². The lowest BCUT2D eigenvalue weighted by Crippen LogP contribution is -2.34. The molecule has 0 amide bonds. The lowest BCUT2D eigenvalue weighted by Gasteiger charge is -2.25. The quantitative estimate of drug-likeness (QED) is 0.802. The smallest absolute Gasteiger partial charge is 0.173 e. The number of nitrogens with zero attached hydrogens (tertiary/aromatic N) is 2. The van der Waals surface area contributed by atoms with Gasteiger partial charge in [0.05, 0.1) is 0 Å². The molecule has 0 aliphatic heterocycles. The van der Waals surface area contributed by atoms with Crippen molar-refractivity contribution in [1.82, 2.24) is 4.90 Å². The van der Waals surface area contributed by atoms with Gasteiger partial charge in [-0.2, -0.15) is 0 Å². The number of benzene rings is 2. The lowest BCUT2D eigenvalue weighted by atomic mass is 10.1. The number of hydrogen-bond donors (Lipinski definition) is 1. The summed E-state index contributed by atoms with van der Waals surface area (Å²) < 4.78 is 0. The third-order valence-corrected chi connectivity index (χ3v) is 4.33. The molecule has 1 N–H and O–H groups in total. The van der Waals surface area contributed by atoms with Crippen LogP contribution in [0.25, 0.3) is 0 Å². The largest absolute Gasteiger partial charge is 0.378 e. The summed E-state index contributed by atoms with van der Waals surface area (Å²) in [7, 11) is 4.10. The van der Waals surface area contributed by atoms with Gasteiger partial charge in [0.25, 0.3) is 0 Å². The van der Waals surface area contributed by atoms with E-state index in [9.17, 15) is 0 Å². The second-order valence-corrected chi connectivity index (χ2v) is 6.77. The first-order valence-corrected chi connectivity index (χ1v) is 8.70. The molecule has 2 rings (SSSR count). The van der Waals surface area contributed by atoms with Gasteiger partial charge in [-0.1, -0.05) is 18.2 Å². The molecular formula is C20H27N3S. The van der Waals surface area contributed by atoms with Gasteiger partial charge in [0, 0.05) is 38.6 Å². The first-order chi connectivity index (χ1) is 11.4. The van der Waals surface area contributed by atoms with Crippen molar-refractivity contribution in [2.24, 2.45) is 0 Å². The van der Waals surface area contributed by atoms with Crippen LogP contribution in [0, 0.1) is 13.8 Å². The van der Waals surface area contributed by atoms with Crippen molar-refractivity contribution in [3.05, 3.63) is 59.2 Å². The van der Waals surface area contributed by atoms with Gasteiger partial charge in [0.2, 0.25) is 0 Å². The van der Waals surface area contributed by atoms with Gasteiger partial charge in [-0.25, -0.2) is 0 Å². The fraction of sp³-hybridized carbons (Fsp3) is 0.350. The molecule has 0 fully saturated rings. The maximum atomic E-state index is 5.62. The third-order valence-electron chi connectivity index (χ3n) is 3.97. The highest BCUT2D eigenvalue weighted by Gasteiger charge is 2.09. The van der Waals surface area contributed by atoms with Crippen molar-refractivity contribution in [1.29, 1.82) is 0 Å². The van der Waals surface area contributed by atoms with E-state index in [1.165, 1.54) is 22.4 Å². The van der Waals surface area contributed by atoms with E-state index < -0.39 is 0 Å². The number of hydrogen-bond acceptors (Lipinski definition) is 2. The summed E-state index contributed by atoms with van der Waals surface area (Å²) >= 11 is 5.62. The van der Waals surface area contributed by atoms with Gasteiger partial charge >= 0.3 is 0 Å². The topological polar surface area (TPSA) is 18.5 Å². The molecule has 0 atom stereocenters. The third kappa shape index (κ3) is 4.96. The van der Waals surface area contributed by atoms with Crippen LogP contribution in [0.4, 0.5) is 11.4 Å². The Morgan fingerprint density at radius 1 is 1.00 bits per heavy atom. The fourth-order valence-electron chi connectivity index (χ4n) is 2.70. The Balaban J connectivity index is 2.05. The Hall–Kier alpha value is -2.07. The van der Waals surface area contributed by atoms with Crippen LogP contribution in [0.5, 0.6) is 0 Å². The van der Waals surface area contributed by atoms with Crippen LogP contribution >= 0.6 is 12.2 Å². The van der Waals surface area contributed by atoms with Crippen LogP contribution in [0.15, 0.2) is 42.5 Å². The van der Waals surface area contributed by atoms with Gasteiger partial charge in [-0.15, -0.1) is 0 Å². The first-order valence-electron chi connectivity index (χ1n) is 8.29. The molecule has 2 aromatic rings. The van der Waals surface area contributed by atoms with E-state index in [4.69, 9.17) is 12.2 Å². The average molecular weight is 342 g/mol. The van der Waals surface area contributed by atoms with Crippen LogP contribution in [0.2, 0.25) is 0 Å². The second-order valence-electron chi connectivity index (χ2n) is 6.38. The summed E-state index contributed by atoms with van der Waals surface area (Å²) in [6.07, 6.45) is 0. The highest BCUT2D eigenvalue weighted by atomic mass is 32.1. The zero-order valence-electron chi connectivity index (χ0n) is 15.3. The Kier molecular flexibility index (Phi) is 6.21. The van der Waals surface area contributed by atoms with Gasteiger partial charge in [-0.05, 0) is 73.9 Å². The van der Waals surface area contributed by atoms with Gasteiger partial charge in [0.15, 0.2) is 5.11 Å². The predicted octanol–water partition coefficient (Wildman–Crippen LogP) is 4.59. The van der Waals surface area contributed by atoms with Crippen LogP contribution in [0.3, 0.4) is 0 Å². The van der Waals surface area contributed by atoms with Gasteiger partial charge in [-0.3, -0.25) is 0 Å². The summed E-state index contributed by atoms with van der Waals surface area (Å²) in [5, 5.41) is 4.14. The van der Waals surface area contributed by atoms with Crippen LogP contribution in [-0.2, 0) is 6.54 Å². The monoisotopic (exact) mass is 341 g/mol.